The molecular formula is C25H31N3O3S. The molecule has 0 fully saturated rings. The average Bonchev–Trinajstić information content (AvgIpc) is 2.93. The Morgan fingerprint density at radius 1 is 1.06 bits per heavy atom. The smallest absolute Gasteiger partial charge is 0.250 e. The highest BCUT2D eigenvalue weighted by molar-refractivity contribution is 7.90. The number of unbranched alkanes of at least 4 members (excludes halogenated alkanes) is 1. The largest absolute Gasteiger partial charge is 0.387 e. The lowest BCUT2D eigenvalue weighted by molar-refractivity contribution is -0.127. The number of hydrogen-bond acceptors (Lipinski definition) is 5. The standard InChI is InChI=1S/C25H31N3O3S/c1-4-6-13-28(12-5-2)25(29)21-14-20-11-10-19(16-23(20)27-24(26)17-21)18-8-7-9-22(15-18)32(3,30)31/h7-11,14-16H,4-6,12-13,17H2,1-3H3,(H2,26,27). The van der Waals surface area contributed by atoms with Crippen LogP contribution in [0.3, 0.4) is 0 Å². The van der Waals surface area contributed by atoms with Crippen LogP contribution < -0.4 is 5.73 Å². The van der Waals surface area contributed by atoms with Crippen molar-refractivity contribution in [1.29, 1.82) is 0 Å². The number of fused-ring (bicyclic) bond motifs is 1. The van der Waals surface area contributed by atoms with Crippen molar-refractivity contribution >= 4 is 33.3 Å². The molecule has 170 valence electrons. The zero-order valence-electron chi connectivity index (χ0n) is 19.0. The highest BCUT2D eigenvalue weighted by Gasteiger charge is 2.21. The van der Waals surface area contributed by atoms with Gasteiger partial charge < -0.3 is 10.6 Å². The maximum Gasteiger partial charge on any atom is 0.250 e. The molecule has 0 aromatic heterocycles. The van der Waals surface area contributed by atoms with Crippen molar-refractivity contribution in [2.45, 2.75) is 44.4 Å². The second-order valence-corrected chi connectivity index (χ2v) is 10.2. The molecule has 7 heteroatoms. The number of nitrogens with zero attached hydrogens (tertiary/aromatic N) is 2. The van der Waals surface area contributed by atoms with E-state index in [9.17, 15) is 13.2 Å². The Kier molecular flexibility index (Phi) is 7.51. The summed E-state index contributed by atoms with van der Waals surface area (Å²) in [5.41, 5.74) is 9.93. The normalized spacial score (nSPS) is 13.6. The maximum atomic E-state index is 13.2. The van der Waals surface area contributed by atoms with Gasteiger partial charge in [0.15, 0.2) is 9.84 Å². The molecule has 1 aliphatic heterocycles. The number of rotatable bonds is 8. The first-order valence-corrected chi connectivity index (χ1v) is 12.9. The molecule has 6 nitrogen and oxygen atoms in total. The Balaban J connectivity index is 1.98. The van der Waals surface area contributed by atoms with Gasteiger partial charge in [0.05, 0.1) is 10.6 Å². The number of hydrogen-bond donors (Lipinski definition) is 1. The Morgan fingerprint density at radius 2 is 1.81 bits per heavy atom. The molecule has 1 aliphatic rings. The molecule has 0 aliphatic carbocycles. The van der Waals surface area contributed by atoms with E-state index in [2.05, 4.69) is 18.8 Å². The molecule has 0 spiro atoms. The van der Waals surface area contributed by atoms with Crippen LogP contribution in [-0.2, 0) is 14.6 Å². The third kappa shape index (κ3) is 5.65. The van der Waals surface area contributed by atoms with E-state index in [1.165, 1.54) is 6.26 Å². The summed E-state index contributed by atoms with van der Waals surface area (Å²) in [7, 11) is -3.30. The van der Waals surface area contributed by atoms with Gasteiger partial charge in [0.25, 0.3) is 0 Å². The van der Waals surface area contributed by atoms with E-state index in [0.717, 1.165) is 49.0 Å². The number of aliphatic imine (C=N–C) groups is 1. The summed E-state index contributed by atoms with van der Waals surface area (Å²) >= 11 is 0. The Labute approximate surface area is 190 Å². The summed E-state index contributed by atoms with van der Waals surface area (Å²) in [6.45, 7) is 5.64. The minimum absolute atomic E-state index is 0.0104. The number of sulfone groups is 1. The predicted molar refractivity (Wildman–Crippen MR) is 131 cm³/mol. The summed E-state index contributed by atoms with van der Waals surface area (Å²) < 4.78 is 23.8. The van der Waals surface area contributed by atoms with Crippen LogP contribution in [-0.4, -0.2) is 44.4 Å². The Bertz CT molecular complexity index is 1170. The Hall–Kier alpha value is -2.93. The number of carbonyl (C=O) groups excluding carboxylic acids is 1. The van der Waals surface area contributed by atoms with E-state index in [-0.39, 0.29) is 10.8 Å². The highest BCUT2D eigenvalue weighted by Crippen LogP contribution is 2.32. The minimum Gasteiger partial charge on any atom is -0.387 e. The first kappa shape index (κ1) is 23.7. The van der Waals surface area contributed by atoms with E-state index in [0.29, 0.717) is 23.5 Å². The van der Waals surface area contributed by atoms with Crippen LogP contribution in [0.4, 0.5) is 5.69 Å². The van der Waals surface area contributed by atoms with Gasteiger partial charge in [0.1, 0.15) is 5.84 Å². The number of carbonyl (C=O) groups is 1. The zero-order valence-corrected chi connectivity index (χ0v) is 19.8. The van der Waals surface area contributed by atoms with Crippen LogP contribution in [0.15, 0.2) is 57.9 Å². The van der Waals surface area contributed by atoms with Crippen molar-refractivity contribution in [3.63, 3.8) is 0 Å². The number of amidine groups is 1. The van der Waals surface area contributed by atoms with Crippen LogP contribution in [0.2, 0.25) is 0 Å². The molecule has 2 aromatic carbocycles. The van der Waals surface area contributed by atoms with Crippen LogP contribution in [0.1, 0.15) is 45.1 Å². The third-order valence-electron chi connectivity index (χ3n) is 5.43. The SMILES string of the molecule is CCCCN(CCC)C(=O)C1=Cc2ccc(-c3cccc(S(C)(=O)=O)c3)cc2N=C(N)C1. The molecule has 3 rings (SSSR count). The van der Waals surface area contributed by atoms with Gasteiger partial charge in [-0.1, -0.05) is 44.5 Å². The molecule has 1 heterocycles. The van der Waals surface area contributed by atoms with E-state index in [1.807, 2.05) is 35.2 Å². The van der Waals surface area contributed by atoms with Crippen molar-refractivity contribution in [2.75, 3.05) is 19.3 Å². The van der Waals surface area contributed by atoms with Crippen LogP contribution in [0.25, 0.3) is 17.2 Å². The highest BCUT2D eigenvalue weighted by atomic mass is 32.2. The van der Waals surface area contributed by atoms with Gasteiger partial charge in [-0.15, -0.1) is 0 Å². The number of amides is 1. The number of benzene rings is 2. The first-order chi connectivity index (χ1) is 15.2. The van der Waals surface area contributed by atoms with Gasteiger partial charge in [-0.3, -0.25) is 4.79 Å². The second-order valence-electron chi connectivity index (χ2n) is 8.17. The van der Waals surface area contributed by atoms with E-state index in [4.69, 9.17) is 5.73 Å². The molecule has 0 unspecified atom stereocenters. The second kappa shape index (κ2) is 10.1. The molecule has 2 aromatic rings. The van der Waals surface area contributed by atoms with Crippen molar-refractivity contribution in [3.8, 4) is 11.1 Å². The van der Waals surface area contributed by atoms with E-state index < -0.39 is 9.84 Å². The lowest BCUT2D eigenvalue weighted by atomic mass is 10.0. The summed E-state index contributed by atoms with van der Waals surface area (Å²) in [6.07, 6.45) is 6.28. The fraction of sp³-hybridized carbons (Fsp3) is 0.360. The summed E-state index contributed by atoms with van der Waals surface area (Å²) in [5, 5.41) is 0. The van der Waals surface area contributed by atoms with Gasteiger partial charge in [-0.25, -0.2) is 13.4 Å². The van der Waals surface area contributed by atoms with Crippen LogP contribution >= 0.6 is 0 Å². The van der Waals surface area contributed by atoms with E-state index >= 15 is 0 Å². The first-order valence-electron chi connectivity index (χ1n) is 11.0. The lowest BCUT2D eigenvalue weighted by Gasteiger charge is -2.23. The molecule has 2 N–H and O–H groups in total. The third-order valence-corrected chi connectivity index (χ3v) is 6.54. The average molecular weight is 454 g/mol. The fourth-order valence-corrected chi connectivity index (χ4v) is 4.42. The summed E-state index contributed by atoms with van der Waals surface area (Å²) in [6, 6.07) is 12.5. The van der Waals surface area contributed by atoms with Gasteiger partial charge in [0, 0.05) is 36.9 Å². The predicted octanol–water partition coefficient (Wildman–Crippen LogP) is 4.57. The number of nitrogens with two attached hydrogens (primary N) is 1. The van der Waals surface area contributed by atoms with Gasteiger partial charge in [-0.05, 0) is 48.2 Å². The monoisotopic (exact) mass is 453 g/mol. The fourth-order valence-electron chi connectivity index (χ4n) is 3.75. The molecular weight excluding hydrogens is 422 g/mol. The molecule has 32 heavy (non-hydrogen) atoms. The van der Waals surface area contributed by atoms with Crippen molar-refractivity contribution in [2.24, 2.45) is 10.7 Å². The molecule has 0 saturated carbocycles. The zero-order chi connectivity index (χ0) is 23.3. The quantitative estimate of drug-likeness (QED) is 0.633. The van der Waals surface area contributed by atoms with Crippen LogP contribution in [0.5, 0.6) is 0 Å². The van der Waals surface area contributed by atoms with Crippen LogP contribution in [0, 0.1) is 0 Å². The van der Waals surface area contributed by atoms with E-state index in [1.54, 1.807) is 18.2 Å². The van der Waals surface area contributed by atoms with Gasteiger partial charge >= 0.3 is 0 Å². The Morgan fingerprint density at radius 3 is 2.50 bits per heavy atom. The molecule has 0 saturated heterocycles. The molecule has 1 amide bonds. The molecule has 0 bridgehead atoms. The summed E-state index contributed by atoms with van der Waals surface area (Å²) in [4.78, 5) is 19.9. The molecule has 0 atom stereocenters. The van der Waals surface area contributed by atoms with Crippen molar-refractivity contribution < 1.29 is 13.2 Å². The molecule has 0 radical (unpaired) electrons. The van der Waals surface area contributed by atoms with Gasteiger partial charge in [0.2, 0.25) is 5.91 Å². The lowest BCUT2D eigenvalue weighted by Crippen LogP contribution is -2.34. The van der Waals surface area contributed by atoms with Crippen molar-refractivity contribution in [3.05, 3.63) is 53.6 Å². The topological polar surface area (TPSA) is 92.8 Å². The maximum absolute atomic E-state index is 13.2. The summed E-state index contributed by atoms with van der Waals surface area (Å²) in [5.74, 6) is 0.397. The van der Waals surface area contributed by atoms with Crippen molar-refractivity contribution in [1.82, 2.24) is 4.90 Å². The minimum atomic E-state index is -3.30. The van der Waals surface area contributed by atoms with Gasteiger partial charge in [-0.2, -0.15) is 0 Å².